The van der Waals surface area contributed by atoms with Gasteiger partial charge in [0, 0.05) is 12.1 Å². The minimum atomic E-state index is -3.65. The molecule has 0 aliphatic carbocycles. The number of aliphatic carboxylic acids is 1. The Morgan fingerprint density at radius 2 is 2.00 bits per heavy atom. The molecule has 0 radical (unpaired) electrons. The summed E-state index contributed by atoms with van der Waals surface area (Å²) in [6.45, 7) is 0.953. The van der Waals surface area contributed by atoms with E-state index in [1.54, 1.807) is 18.2 Å². The Kier molecular flexibility index (Phi) is 3.08. The monoisotopic (exact) mass is 323 g/mol. The van der Waals surface area contributed by atoms with Crippen molar-refractivity contribution in [3.63, 3.8) is 0 Å². The Balaban J connectivity index is 1.71. The molecule has 6 nitrogen and oxygen atoms in total. The Hall–Kier alpha value is -1.44. The molecule has 0 spiro atoms. The van der Waals surface area contributed by atoms with Crippen molar-refractivity contribution in [2.45, 2.75) is 49.5 Å². The molecule has 0 saturated carbocycles. The zero-order valence-corrected chi connectivity index (χ0v) is 12.8. The van der Waals surface area contributed by atoms with Gasteiger partial charge in [-0.3, -0.25) is 4.79 Å². The van der Waals surface area contributed by atoms with Crippen molar-refractivity contribution in [1.82, 2.24) is 4.31 Å². The van der Waals surface area contributed by atoms with Crippen LogP contribution in [0, 0.1) is 5.92 Å². The largest absolute Gasteiger partial charge is 0.481 e. The third-order valence-corrected chi connectivity index (χ3v) is 7.03. The van der Waals surface area contributed by atoms with Crippen molar-refractivity contribution in [1.29, 1.82) is 0 Å². The van der Waals surface area contributed by atoms with Crippen LogP contribution in [0.5, 0.6) is 0 Å². The number of hydrogen-bond donors (Lipinski definition) is 1. The van der Waals surface area contributed by atoms with Crippen LogP contribution in [0.25, 0.3) is 0 Å². The van der Waals surface area contributed by atoms with E-state index in [0.29, 0.717) is 26.1 Å². The highest BCUT2D eigenvalue weighted by atomic mass is 32.2. The minimum Gasteiger partial charge on any atom is -0.481 e. The Morgan fingerprint density at radius 1 is 1.23 bits per heavy atom. The highest BCUT2D eigenvalue weighted by molar-refractivity contribution is 7.89. The number of carboxylic acid groups (broad SMARTS) is 1. The molecule has 3 aliphatic rings. The van der Waals surface area contributed by atoms with Crippen LogP contribution in [0.15, 0.2) is 23.1 Å². The zero-order valence-electron chi connectivity index (χ0n) is 11.9. The van der Waals surface area contributed by atoms with E-state index in [1.807, 2.05) is 0 Å². The van der Waals surface area contributed by atoms with Crippen molar-refractivity contribution in [2.75, 3.05) is 0 Å². The number of ether oxygens (including phenoxy) is 1. The lowest BCUT2D eigenvalue weighted by atomic mass is 9.89. The van der Waals surface area contributed by atoms with Crippen LogP contribution in [-0.2, 0) is 32.8 Å². The van der Waals surface area contributed by atoms with Gasteiger partial charge in [0.1, 0.15) is 0 Å². The first-order valence-electron chi connectivity index (χ1n) is 7.44. The van der Waals surface area contributed by atoms with E-state index in [0.717, 1.165) is 17.5 Å². The second kappa shape index (κ2) is 4.78. The summed E-state index contributed by atoms with van der Waals surface area (Å²) in [5.74, 6) is -1.47. The van der Waals surface area contributed by atoms with E-state index >= 15 is 0 Å². The standard InChI is InChI=1S/C15H17NO5S/c17-15(18)13-6-11-2-4-14(13)16(11)22(19,20)12-3-1-9-7-21-8-10(9)5-12/h1,3,5,11,13-14H,2,4,6-8H2,(H,17,18). The zero-order chi connectivity index (χ0) is 15.5. The van der Waals surface area contributed by atoms with Crippen LogP contribution in [0.4, 0.5) is 0 Å². The number of rotatable bonds is 3. The van der Waals surface area contributed by atoms with Gasteiger partial charge in [-0.1, -0.05) is 6.07 Å². The molecule has 3 unspecified atom stereocenters. The number of hydrogen-bond acceptors (Lipinski definition) is 4. The van der Waals surface area contributed by atoms with Gasteiger partial charge < -0.3 is 9.84 Å². The summed E-state index contributed by atoms with van der Waals surface area (Å²) in [5.41, 5.74) is 1.93. The maximum atomic E-state index is 13.0. The number of fused-ring (bicyclic) bond motifs is 3. The van der Waals surface area contributed by atoms with Crippen molar-refractivity contribution < 1.29 is 23.1 Å². The van der Waals surface area contributed by atoms with Gasteiger partial charge in [0.25, 0.3) is 0 Å². The third-order valence-electron chi connectivity index (χ3n) is 5.06. The van der Waals surface area contributed by atoms with Gasteiger partial charge >= 0.3 is 5.97 Å². The molecular weight excluding hydrogens is 306 g/mol. The lowest BCUT2D eigenvalue weighted by Crippen LogP contribution is -2.37. The Bertz CT molecular complexity index is 744. The third kappa shape index (κ3) is 1.92. The fourth-order valence-corrected chi connectivity index (χ4v) is 5.98. The molecule has 3 atom stereocenters. The van der Waals surface area contributed by atoms with Gasteiger partial charge in [-0.15, -0.1) is 0 Å². The SMILES string of the molecule is O=C(O)C1CC2CCC1N2S(=O)(=O)c1ccc2c(c1)COC2. The summed E-state index contributed by atoms with van der Waals surface area (Å²) in [4.78, 5) is 11.6. The van der Waals surface area contributed by atoms with E-state index in [-0.39, 0.29) is 10.9 Å². The normalized spacial score (nSPS) is 30.6. The molecule has 22 heavy (non-hydrogen) atoms. The number of benzene rings is 1. The predicted octanol–water partition coefficient (Wildman–Crippen LogP) is 1.34. The highest BCUT2D eigenvalue weighted by Crippen LogP contribution is 2.45. The summed E-state index contributed by atoms with van der Waals surface area (Å²) in [5, 5.41) is 9.28. The fourth-order valence-electron chi connectivity index (χ4n) is 4.01. The van der Waals surface area contributed by atoms with E-state index in [2.05, 4.69) is 0 Å². The molecule has 118 valence electrons. The summed E-state index contributed by atoms with van der Waals surface area (Å²) >= 11 is 0. The topological polar surface area (TPSA) is 83.9 Å². The van der Waals surface area contributed by atoms with Crippen LogP contribution in [-0.4, -0.2) is 35.9 Å². The summed E-state index contributed by atoms with van der Waals surface area (Å²) in [6.07, 6.45) is 1.81. The van der Waals surface area contributed by atoms with Gasteiger partial charge in [0.05, 0.1) is 24.0 Å². The van der Waals surface area contributed by atoms with Gasteiger partial charge in [-0.05, 0) is 42.5 Å². The number of nitrogens with zero attached hydrogens (tertiary/aromatic N) is 1. The highest BCUT2D eigenvalue weighted by Gasteiger charge is 2.54. The summed E-state index contributed by atoms with van der Waals surface area (Å²) in [6, 6.07) is 4.49. The molecule has 7 heteroatoms. The van der Waals surface area contributed by atoms with Gasteiger partial charge in [0.15, 0.2) is 0 Å². The van der Waals surface area contributed by atoms with Crippen LogP contribution in [0.2, 0.25) is 0 Å². The molecule has 2 saturated heterocycles. The second-order valence-corrected chi connectivity index (χ2v) is 8.08. The first-order chi connectivity index (χ1) is 10.5. The molecule has 0 amide bonds. The minimum absolute atomic E-state index is 0.180. The van der Waals surface area contributed by atoms with Crippen LogP contribution < -0.4 is 0 Å². The molecular formula is C15H17NO5S. The van der Waals surface area contributed by atoms with Crippen molar-refractivity contribution >= 4 is 16.0 Å². The molecule has 1 aromatic carbocycles. The van der Waals surface area contributed by atoms with E-state index in [1.165, 1.54) is 4.31 Å². The van der Waals surface area contributed by atoms with E-state index in [9.17, 15) is 18.3 Å². The van der Waals surface area contributed by atoms with Crippen molar-refractivity contribution in [2.24, 2.45) is 5.92 Å². The number of carboxylic acids is 1. The first kappa shape index (κ1) is 14.2. The van der Waals surface area contributed by atoms with Gasteiger partial charge in [-0.2, -0.15) is 4.31 Å². The maximum absolute atomic E-state index is 13.0. The number of sulfonamides is 1. The lowest BCUT2D eigenvalue weighted by molar-refractivity contribution is -0.142. The molecule has 1 N–H and O–H groups in total. The molecule has 0 aromatic heterocycles. The molecule has 3 aliphatic heterocycles. The predicted molar refractivity (Wildman–Crippen MR) is 76.5 cm³/mol. The summed E-state index contributed by atoms with van der Waals surface area (Å²) in [7, 11) is -3.65. The first-order valence-corrected chi connectivity index (χ1v) is 8.88. The van der Waals surface area contributed by atoms with Gasteiger partial charge in [0.2, 0.25) is 10.0 Å². The lowest BCUT2D eigenvalue weighted by Gasteiger charge is -2.22. The van der Waals surface area contributed by atoms with Crippen LogP contribution in [0.1, 0.15) is 30.4 Å². The number of carbonyl (C=O) groups is 1. The molecule has 4 rings (SSSR count). The van der Waals surface area contributed by atoms with Crippen LogP contribution >= 0.6 is 0 Å². The maximum Gasteiger partial charge on any atom is 0.308 e. The average Bonchev–Trinajstić information content (AvgIpc) is 3.19. The van der Waals surface area contributed by atoms with E-state index < -0.39 is 28.0 Å². The van der Waals surface area contributed by atoms with E-state index in [4.69, 9.17) is 4.74 Å². The Labute approximate surface area is 128 Å². The van der Waals surface area contributed by atoms with Crippen LogP contribution in [0.3, 0.4) is 0 Å². The quantitative estimate of drug-likeness (QED) is 0.907. The molecule has 1 aromatic rings. The smallest absolute Gasteiger partial charge is 0.308 e. The molecule has 2 fully saturated rings. The average molecular weight is 323 g/mol. The van der Waals surface area contributed by atoms with Crippen molar-refractivity contribution in [3.8, 4) is 0 Å². The van der Waals surface area contributed by atoms with Gasteiger partial charge in [-0.25, -0.2) is 8.42 Å². The molecule has 2 bridgehead atoms. The second-order valence-electron chi connectivity index (χ2n) is 6.24. The van der Waals surface area contributed by atoms with Crippen molar-refractivity contribution in [3.05, 3.63) is 29.3 Å². The Morgan fingerprint density at radius 3 is 2.73 bits per heavy atom. The summed E-state index contributed by atoms with van der Waals surface area (Å²) < 4.78 is 32.7. The molecule has 3 heterocycles. The fraction of sp³-hybridized carbons (Fsp3) is 0.533.